The lowest BCUT2D eigenvalue weighted by molar-refractivity contribution is -0.123. The normalized spacial score (nSPS) is 26.0. The molecule has 0 aliphatic carbocycles. The average Bonchev–Trinajstić information content (AvgIpc) is 2.28. The van der Waals surface area contributed by atoms with E-state index in [0.29, 0.717) is 19.4 Å². The van der Waals surface area contributed by atoms with Crippen LogP contribution in [0, 0.1) is 0 Å². The van der Waals surface area contributed by atoms with Gasteiger partial charge in [0.25, 0.3) is 0 Å². The summed E-state index contributed by atoms with van der Waals surface area (Å²) in [5.74, 6) is 0.359. The Morgan fingerprint density at radius 2 is 2.36 bits per heavy atom. The van der Waals surface area contributed by atoms with Gasteiger partial charge in [0.2, 0.25) is 0 Å². The number of ketones is 2. The molecule has 1 aliphatic rings. The van der Waals surface area contributed by atoms with E-state index in [1.54, 1.807) is 0 Å². The Bertz CT molecular complexity index is 189. The van der Waals surface area contributed by atoms with E-state index in [-0.39, 0.29) is 17.6 Å². The number of hydrogen-bond acceptors (Lipinski definition) is 3. The van der Waals surface area contributed by atoms with Gasteiger partial charge in [-0.25, -0.2) is 0 Å². The van der Waals surface area contributed by atoms with Crippen molar-refractivity contribution < 1.29 is 9.59 Å². The van der Waals surface area contributed by atoms with Gasteiger partial charge in [0, 0.05) is 12.8 Å². The summed E-state index contributed by atoms with van der Waals surface area (Å²) >= 11 is 0. The first kappa shape index (κ1) is 8.40. The molecule has 1 heterocycles. The largest absolute Gasteiger partial charge is 0.298 e. The Morgan fingerprint density at radius 1 is 1.73 bits per heavy atom. The predicted molar refractivity (Wildman–Crippen MR) is 41.3 cm³/mol. The van der Waals surface area contributed by atoms with Crippen LogP contribution in [0.2, 0.25) is 0 Å². The van der Waals surface area contributed by atoms with E-state index in [1.807, 2.05) is 18.9 Å². The first-order chi connectivity index (χ1) is 5.15. The number of carbonyl (C=O) groups excluding carboxylic acids is 2. The summed E-state index contributed by atoms with van der Waals surface area (Å²) in [4.78, 5) is 23.9. The van der Waals surface area contributed by atoms with Crippen molar-refractivity contribution in [3.63, 3.8) is 0 Å². The van der Waals surface area contributed by atoms with Gasteiger partial charge in [-0.1, -0.05) is 6.92 Å². The highest BCUT2D eigenvalue weighted by Crippen LogP contribution is 2.13. The van der Waals surface area contributed by atoms with Crippen LogP contribution in [0.5, 0.6) is 0 Å². The molecule has 0 aromatic carbocycles. The van der Waals surface area contributed by atoms with Gasteiger partial charge in [0.1, 0.15) is 11.6 Å². The molecule has 0 aromatic rings. The van der Waals surface area contributed by atoms with Crippen molar-refractivity contribution in [3.05, 3.63) is 0 Å². The van der Waals surface area contributed by atoms with Crippen molar-refractivity contribution >= 4 is 11.6 Å². The Hall–Kier alpha value is -0.700. The van der Waals surface area contributed by atoms with Crippen LogP contribution in [0.25, 0.3) is 0 Å². The van der Waals surface area contributed by atoms with Crippen LogP contribution in [0.3, 0.4) is 0 Å². The molecule has 0 saturated carbocycles. The number of hydrogen-bond donors (Lipinski definition) is 0. The van der Waals surface area contributed by atoms with Gasteiger partial charge in [0.05, 0.1) is 12.6 Å². The predicted octanol–water partition coefficient (Wildman–Crippen LogP) is 0.239. The molecule has 0 spiro atoms. The fourth-order valence-electron chi connectivity index (χ4n) is 1.42. The summed E-state index contributed by atoms with van der Waals surface area (Å²) in [6.45, 7) is 2.27. The van der Waals surface area contributed by atoms with E-state index >= 15 is 0 Å². The van der Waals surface area contributed by atoms with Gasteiger partial charge in [0.15, 0.2) is 0 Å². The van der Waals surface area contributed by atoms with Crippen LogP contribution in [-0.4, -0.2) is 36.1 Å². The second-order valence-electron chi connectivity index (χ2n) is 2.99. The molecule has 3 nitrogen and oxygen atoms in total. The molecular formula is C8H13NO2. The van der Waals surface area contributed by atoms with Crippen LogP contribution in [0.1, 0.15) is 19.8 Å². The fourth-order valence-corrected chi connectivity index (χ4v) is 1.42. The van der Waals surface area contributed by atoms with Gasteiger partial charge in [-0.05, 0) is 7.05 Å². The minimum Gasteiger partial charge on any atom is -0.298 e. The zero-order chi connectivity index (χ0) is 8.43. The minimum absolute atomic E-state index is 0.132. The number of likely N-dealkylation sites (N-methyl/N-ethyl adjacent to an activating group) is 1. The molecule has 1 atom stereocenters. The Labute approximate surface area is 66.4 Å². The lowest BCUT2D eigenvalue weighted by Crippen LogP contribution is -2.32. The molecular weight excluding hydrogens is 142 g/mol. The maximum atomic E-state index is 11.2. The van der Waals surface area contributed by atoms with E-state index in [9.17, 15) is 9.59 Å². The van der Waals surface area contributed by atoms with Gasteiger partial charge >= 0.3 is 0 Å². The first-order valence-corrected chi connectivity index (χ1v) is 3.89. The zero-order valence-electron chi connectivity index (χ0n) is 6.96. The monoisotopic (exact) mass is 155 g/mol. The lowest BCUT2D eigenvalue weighted by Gasteiger charge is -2.15. The van der Waals surface area contributed by atoms with Crippen molar-refractivity contribution in [2.75, 3.05) is 13.6 Å². The van der Waals surface area contributed by atoms with Gasteiger partial charge in [-0.2, -0.15) is 0 Å². The molecule has 0 bridgehead atoms. The van der Waals surface area contributed by atoms with Gasteiger partial charge in [-0.3, -0.25) is 14.5 Å². The van der Waals surface area contributed by atoms with E-state index in [4.69, 9.17) is 0 Å². The van der Waals surface area contributed by atoms with Crippen LogP contribution >= 0.6 is 0 Å². The van der Waals surface area contributed by atoms with Crippen molar-refractivity contribution in [2.45, 2.75) is 25.8 Å². The maximum absolute atomic E-state index is 11.2. The fraction of sp³-hybridized carbons (Fsp3) is 0.750. The molecule has 62 valence electrons. The molecule has 3 heteroatoms. The molecule has 1 fully saturated rings. The number of Topliss-reactive ketones (excluding diaryl/α,β-unsaturated/α-hetero) is 2. The van der Waals surface area contributed by atoms with Gasteiger partial charge in [-0.15, -0.1) is 0 Å². The van der Waals surface area contributed by atoms with Crippen LogP contribution in [-0.2, 0) is 9.59 Å². The number of likely N-dealkylation sites (tertiary alicyclic amines) is 1. The highest BCUT2D eigenvalue weighted by Gasteiger charge is 2.31. The Kier molecular flexibility index (Phi) is 2.39. The van der Waals surface area contributed by atoms with Crippen molar-refractivity contribution in [1.82, 2.24) is 4.90 Å². The highest BCUT2D eigenvalue weighted by atomic mass is 16.1. The topological polar surface area (TPSA) is 37.4 Å². The Morgan fingerprint density at radius 3 is 2.73 bits per heavy atom. The quantitative estimate of drug-likeness (QED) is 0.573. The first-order valence-electron chi connectivity index (χ1n) is 3.89. The summed E-state index contributed by atoms with van der Waals surface area (Å²) in [7, 11) is 1.82. The van der Waals surface area contributed by atoms with Crippen LogP contribution < -0.4 is 0 Å². The lowest BCUT2D eigenvalue weighted by atomic mass is 10.1. The van der Waals surface area contributed by atoms with Crippen LogP contribution in [0.4, 0.5) is 0 Å². The molecule has 1 saturated heterocycles. The molecule has 1 aliphatic heterocycles. The summed E-state index contributed by atoms with van der Waals surface area (Å²) in [5, 5.41) is 0. The molecule has 0 N–H and O–H groups in total. The summed E-state index contributed by atoms with van der Waals surface area (Å²) in [6.07, 6.45) is 0.950. The average molecular weight is 155 g/mol. The third-order valence-electron chi connectivity index (χ3n) is 2.10. The number of carbonyl (C=O) groups is 2. The molecule has 0 amide bonds. The highest BCUT2D eigenvalue weighted by molar-refractivity contribution is 5.94. The van der Waals surface area contributed by atoms with Gasteiger partial charge < -0.3 is 0 Å². The summed E-state index contributed by atoms with van der Waals surface area (Å²) in [5.41, 5.74) is 0. The molecule has 11 heavy (non-hydrogen) atoms. The smallest absolute Gasteiger partial charge is 0.150 e. The van der Waals surface area contributed by atoms with Crippen molar-refractivity contribution in [3.8, 4) is 0 Å². The maximum Gasteiger partial charge on any atom is 0.150 e. The molecule has 0 radical (unpaired) electrons. The Balaban J connectivity index is 2.59. The number of nitrogens with zero attached hydrogens (tertiary/aromatic N) is 1. The van der Waals surface area contributed by atoms with Crippen LogP contribution in [0.15, 0.2) is 0 Å². The third-order valence-corrected chi connectivity index (χ3v) is 2.10. The zero-order valence-corrected chi connectivity index (χ0v) is 6.96. The summed E-state index contributed by atoms with van der Waals surface area (Å²) < 4.78 is 0. The second kappa shape index (κ2) is 3.13. The minimum atomic E-state index is -0.132. The standard InChI is InChI=1S/C8H13NO2/c1-3-8(11)7-4-6(10)5-9(7)2/h7H,3-5H2,1-2H3. The van der Waals surface area contributed by atoms with E-state index in [0.717, 1.165) is 0 Å². The second-order valence-corrected chi connectivity index (χ2v) is 2.99. The number of rotatable bonds is 2. The van der Waals surface area contributed by atoms with E-state index in [2.05, 4.69) is 0 Å². The third kappa shape index (κ3) is 1.66. The van der Waals surface area contributed by atoms with E-state index < -0.39 is 0 Å². The van der Waals surface area contributed by atoms with Crippen molar-refractivity contribution in [2.24, 2.45) is 0 Å². The van der Waals surface area contributed by atoms with Crippen molar-refractivity contribution in [1.29, 1.82) is 0 Å². The molecule has 0 aromatic heterocycles. The molecule has 1 rings (SSSR count). The van der Waals surface area contributed by atoms with E-state index in [1.165, 1.54) is 0 Å². The SMILES string of the molecule is CCC(=O)C1CC(=O)CN1C. The molecule has 1 unspecified atom stereocenters. The summed E-state index contributed by atoms with van der Waals surface area (Å²) in [6, 6.07) is -0.132.